The first-order valence-electron chi connectivity index (χ1n) is 7.97. The van der Waals surface area contributed by atoms with Gasteiger partial charge in [-0.1, -0.05) is 0 Å². The molecule has 9 heteroatoms. The van der Waals surface area contributed by atoms with Crippen molar-refractivity contribution in [1.82, 2.24) is 19.9 Å². The molecule has 2 aromatic rings. The van der Waals surface area contributed by atoms with Gasteiger partial charge in [0.25, 0.3) is 0 Å². The zero-order chi connectivity index (χ0) is 17.5. The van der Waals surface area contributed by atoms with Crippen molar-refractivity contribution in [2.75, 3.05) is 51.9 Å². The lowest BCUT2D eigenvalue weighted by atomic mass is 10.2. The molecule has 0 unspecified atom stereocenters. The van der Waals surface area contributed by atoms with E-state index in [2.05, 4.69) is 25.2 Å². The first kappa shape index (κ1) is 17.7. The van der Waals surface area contributed by atoms with E-state index in [9.17, 15) is 0 Å². The standard InChI is InChI=1S/C16H20ClN5O3/c1-23-13-3-2-12(20-16-19-11-18-15(17)21-16)10-14(13)25-9-6-22-4-7-24-8-5-22/h2-3,10-11H,4-9H2,1H3,(H,18,19,20,21). The molecule has 0 atom stereocenters. The van der Waals surface area contributed by atoms with Crippen LogP contribution < -0.4 is 14.8 Å². The lowest BCUT2D eigenvalue weighted by Gasteiger charge is -2.26. The molecule has 134 valence electrons. The molecule has 0 radical (unpaired) electrons. The summed E-state index contributed by atoms with van der Waals surface area (Å²) in [7, 11) is 1.61. The molecule has 0 saturated carbocycles. The molecule has 1 aliphatic rings. The number of nitrogens with one attached hydrogen (secondary N) is 1. The maximum atomic E-state index is 5.91. The molecule has 0 aliphatic carbocycles. The summed E-state index contributed by atoms with van der Waals surface area (Å²) in [6.07, 6.45) is 1.35. The van der Waals surface area contributed by atoms with Crippen LogP contribution in [0.5, 0.6) is 11.5 Å². The maximum absolute atomic E-state index is 5.91. The van der Waals surface area contributed by atoms with Gasteiger partial charge in [0.2, 0.25) is 11.2 Å². The molecule has 1 saturated heterocycles. The third kappa shape index (κ3) is 5.15. The number of nitrogens with zero attached hydrogens (tertiary/aromatic N) is 4. The van der Waals surface area contributed by atoms with Gasteiger partial charge in [-0.3, -0.25) is 4.90 Å². The minimum absolute atomic E-state index is 0.132. The third-order valence-electron chi connectivity index (χ3n) is 3.73. The number of halogens is 1. The molecule has 1 N–H and O–H groups in total. The van der Waals surface area contributed by atoms with Gasteiger partial charge in [-0.25, -0.2) is 9.97 Å². The molecule has 1 aliphatic heterocycles. The van der Waals surface area contributed by atoms with Crippen LogP contribution in [0.25, 0.3) is 0 Å². The highest BCUT2D eigenvalue weighted by atomic mass is 35.5. The molecule has 0 amide bonds. The maximum Gasteiger partial charge on any atom is 0.231 e. The number of hydrogen-bond acceptors (Lipinski definition) is 8. The Kier molecular flexibility index (Phi) is 6.21. The smallest absolute Gasteiger partial charge is 0.231 e. The Labute approximate surface area is 151 Å². The quantitative estimate of drug-likeness (QED) is 0.797. The largest absolute Gasteiger partial charge is 0.493 e. The van der Waals surface area contributed by atoms with E-state index in [0.717, 1.165) is 38.5 Å². The van der Waals surface area contributed by atoms with Crippen LogP contribution in [-0.2, 0) is 4.74 Å². The zero-order valence-electron chi connectivity index (χ0n) is 13.9. The molecule has 8 nitrogen and oxygen atoms in total. The summed E-state index contributed by atoms with van der Waals surface area (Å²) in [6.45, 7) is 4.82. The molecule has 0 spiro atoms. The van der Waals surface area contributed by atoms with Crippen molar-refractivity contribution in [3.8, 4) is 11.5 Å². The molecule has 1 fully saturated rings. The van der Waals surface area contributed by atoms with Gasteiger partial charge in [0.1, 0.15) is 12.9 Å². The Balaban J connectivity index is 1.62. The van der Waals surface area contributed by atoms with Crippen LogP contribution >= 0.6 is 11.6 Å². The van der Waals surface area contributed by atoms with Crippen molar-refractivity contribution >= 4 is 23.2 Å². The highest BCUT2D eigenvalue weighted by molar-refractivity contribution is 6.28. The fourth-order valence-electron chi connectivity index (χ4n) is 2.44. The van der Waals surface area contributed by atoms with Crippen molar-refractivity contribution < 1.29 is 14.2 Å². The molecule has 1 aromatic heterocycles. The van der Waals surface area contributed by atoms with Crippen LogP contribution in [0.3, 0.4) is 0 Å². The van der Waals surface area contributed by atoms with Crippen LogP contribution in [-0.4, -0.2) is 66.4 Å². The first-order valence-corrected chi connectivity index (χ1v) is 8.35. The lowest BCUT2D eigenvalue weighted by molar-refractivity contribution is 0.0321. The summed E-state index contributed by atoms with van der Waals surface area (Å²) in [5.41, 5.74) is 0.768. The van der Waals surface area contributed by atoms with E-state index < -0.39 is 0 Å². The Morgan fingerprint density at radius 3 is 2.84 bits per heavy atom. The molecular formula is C16H20ClN5O3. The second kappa shape index (κ2) is 8.80. The molecule has 25 heavy (non-hydrogen) atoms. The van der Waals surface area contributed by atoms with Gasteiger partial charge >= 0.3 is 0 Å². The van der Waals surface area contributed by atoms with E-state index in [1.54, 1.807) is 7.11 Å². The molecule has 1 aromatic carbocycles. The predicted molar refractivity (Wildman–Crippen MR) is 93.9 cm³/mol. The van der Waals surface area contributed by atoms with Gasteiger partial charge in [-0.2, -0.15) is 4.98 Å². The lowest BCUT2D eigenvalue weighted by Crippen LogP contribution is -2.38. The highest BCUT2D eigenvalue weighted by Crippen LogP contribution is 2.31. The van der Waals surface area contributed by atoms with Crippen LogP contribution in [0.2, 0.25) is 5.28 Å². The van der Waals surface area contributed by atoms with Crippen LogP contribution in [0, 0.1) is 0 Å². The predicted octanol–water partition coefficient (Wildman–Crippen LogP) is 1.99. The van der Waals surface area contributed by atoms with Crippen molar-refractivity contribution in [3.63, 3.8) is 0 Å². The summed E-state index contributed by atoms with van der Waals surface area (Å²) in [6, 6.07) is 5.52. The summed E-state index contributed by atoms with van der Waals surface area (Å²) < 4.78 is 16.6. The number of anilines is 2. The number of aromatic nitrogens is 3. The van der Waals surface area contributed by atoms with Crippen molar-refractivity contribution in [2.24, 2.45) is 0 Å². The normalized spacial score (nSPS) is 15.0. The zero-order valence-corrected chi connectivity index (χ0v) is 14.7. The molecule has 2 heterocycles. The summed E-state index contributed by atoms with van der Waals surface area (Å²) in [5, 5.41) is 3.20. The topological polar surface area (TPSA) is 81.6 Å². The van der Waals surface area contributed by atoms with Crippen LogP contribution in [0.1, 0.15) is 0 Å². The fourth-order valence-corrected chi connectivity index (χ4v) is 2.57. The van der Waals surface area contributed by atoms with Gasteiger partial charge in [0, 0.05) is 31.4 Å². The molecular weight excluding hydrogens is 346 g/mol. The van der Waals surface area contributed by atoms with E-state index in [4.69, 9.17) is 25.8 Å². The number of rotatable bonds is 7. The van der Waals surface area contributed by atoms with Gasteiger partial charge in [0.05, 0.1) is 20.3 Å². The Morgan fingerprint density at radius 2 is 2.08 bits per heavy atom. The number of ether oxygens (including phenoxy) is 3. The SMILES string of the molecule is COc1ccc(Nc2ncnc(Cl)n2)cc1OCCN1CCOCC1. The number of methoxy groups -OCH3 is 1. The summed E-state index contributed by atoms with van der Waals surface area (Å²) >= 11 is 5.77. The van der Waals surface area contributed by atoms with Crippen LogP contribution in [0.15, 0.2) is 24.5 Å². The summed E-state index contributed by atoms with van der Waals surface area (Å²) in [4.78, 5) is 14.1. The highest BCUT2D eigenvalue weighted by Gasteiger charge is 2.12. The average Bonchev–Trinajstić information content (AvgIpc) is 2.63. The Bertz CT molecular complexity index is 697. The fraction of sp³-hybridized carbons (Fsp3) is 0.438. The van der Waals surface area contributed by atoms with Crippen LogP contribution in [0.4, 0.5) is 11.6 Å². The van der Waals surface area contributed by atoms with Crippen molar-refractivity contribution in [2.45, 2.75) is 0 Å². The van der Waals surface area contributed by atoms with Gasteiger partial charge in [-0.15, -0.1) is 0 Å². The van der Waals surface area contributed by atoms with Gasteiger partial charge in [0.15, 0.2) is 11.5 Å². The van der Waals surface area contributed by atoms with E-state index in [1.807, 2.05) is 18.2 Å². The number of hydrogen-bond donors (Lipinski definition) is 1. The number of benzene rings is 1. The Morgan fingerprint density at radius 1 is 1.24 bits per heavy atom. The number of morpholine rings is 1. The second-order valence-electron chi connectivity index (χ2n) is 5.37. The first-order chi connectivity index (χ1) is 12.2. The molecule has 3 rings (SSSR count). The molecule has 0 bridgehead atoms. The van der Waals surface area contributed by atoms with E-state index >= 15 is 0 Å². The minimum Gasteiger partial charge on any atom is -0.493 e. The van der Waals surface area contributed by atoms with Crippen molar-refractivity contribution in [3.05, 3.63) is 29.8 Å². The van der Waals surface area contributed by atoms with E-state index in [0.29, 0.717) is 24.1 Å². The average molecular weight is 366 g/mol. The monoisotopic (exact) mass is 365 g/mol. The summed E-state index contributed by atoms with van der Waals surface area (Å²) in [5.74, 6) is 1.69. The van der Waals surface area contributed by atoms with Gasteiger partial charge < -0.3 is 19.5 Å². The van der Waals surface area contributed by atoms with E-state index in [-0.39, 0.29) is 5.28 Å². The second-order valence-corrected chi connectivity index (χ2v) is 5.71. The van der Waals surface area contributed by atoms with E-state index in [1.165, 1.54) is 6.33 Å². The third-order valence-corrected chi connectivity index (χ3v) is 3.91. The Hall–Kier alpha value is -2.16. The minimum atomic E-state index is 0.132. The van der Waals surface area contributed by atoms with Crippen molar-refractivity contribution in [1.29, 1.82) is 0 Å². The van der Waals surface area contributed by atoms with Gasteiger partial charge in [-0.05, 0) is 23.7 Å².